The Labute approximate surface area is 81.5 Å². The zero-order valence-electron chi connectivity index (χ0n) is 7.99. The number of hydrogen-bond acceptors (Lipinski definition) is 3. The van der Waals surface area contributed by atoms with Gasteiger partial charge >= 0.3 is 0 Å². The zero-order valence-corrected chi connectivity index (χ0v) is 7.99. The van der Waals surface area contributed by atoms with Crippen molar-refractivity contribution in [3.05, 3.63) is 34.2 Å². The molecule has 5 heteroatoms. The van der Waals surface area contributed by atoms with Crippen molar-refractivity contribution in [3.8, 4) is 0 Å². The third-order valence-corrected chi connectivity index (χ3v) is 1.78. The van der Waals surface area contributed by atoms with E-state index in [2.05, 4.69) is 5.32 Å². The van der Waals surface area contributed by atoms with Crippen LogP contribution in [0.5, 0.6) is 0 Å². The van der Waals surface area contributed by atoms with Crippen LogP contribution >= 0.6 is 0 Å². The van der Waals surface area contributed by atoms with E-state index in [0.29, 0.717) is 18.7 Å². The van der Waals surface area contributed by atoms with Crippen molar-refractivity contribution in [1.29, 1.82) is 0 Å². The lowest BCUT2D eigenvalue weighted by molar-refractivity contribution is 0.0954. The number of carbonyl (C=O) groups is 1. The molecule has 0 spiro atoms. The summed E-state index contributed by atoms with van der Waals surface area (Å²) in [5.41, 5.74) is 5.56. The maximum atomic E-state index is 11.4. The molecule has 0 aliphatic rings. The lowest BCUT2D eigenvalue weighted by atomic mass is 10.2. The highest BCUT2D eigenvalue weighted by Gasteiger charge is 2.04. The highest BCUT2D eigenvalue weighted by molar-refractivity contribution is 5.93. The van der Waals surface area contributed by atoms with E-state index in [0.717, 1.165) is 0 Å². The van der Waals surface area contributed by atoms with Gasteiger partial charge in [0.15, 0.2) is 0 Å². The van der Waals surface area contributed by atoms with Crippen molar-refractivity contribution in [2.24, 2.45) is 12.8 Å². The molecule has 1 rings (SSSR count). The lowest BCUT2D eigenvalue weighted by Gasteiger charge is -2.04. The third kappa shape index (κ3) is 2.43. The first-order valence-electron chi connectivity index (χ1n) is 4.30. The molecule has 76 valence electrons. The van der Waals surface area contributed by atoms with Gasteiger partial charge in [-0.3, -0.25) is 9.59 Å². The number of amides is 1. The van der Waals surface area contributed by atoms with Gasteiger partial charge in [0, 0.05) is 32.4 Å². The first-order valence-corrected chi connectivity index (χ1v) is 4.30. The van der Waals surface area contributed by atoms with Gasteiger partial charge in [0.1, 0.15) is 0 Å². The lowest BCUT2D eigenvalue weighted by Crippen LogP contribution is -2.30. The fourth-order valence-electron chi connectivity index (χ4n) is 1.02. The molecule has 0 aliphatic carbocycles. The predicted molar refractivity (Wildman–Crippen MR) is 53.1 cm³/mol. The average Bonchev–Trinajstić information content (AvgIpc) is 2.18. The molecule has 3 N–H and O–H groups in total. The second-order valence-electron chi connectivity index (χ2n) is 2.91. The molecule has 0 aliphatic heterocycles. The van der Waals surface area contributed by atoms with Gasteiger partial charge in [-0.2, -0.15) is 0 Å². The Morgan fingerprint density at radius 2 is 2.29 bits per heavy atom. The fraction of sp³-hybridized carbons (Fsp3) is 0.333. The summed E-state index contributed by atoms with van der Waals surface area (Å²) in [6.45, 7) is 0.833. The number of rotatable bonds is 3. The molecule has 0 saturated carbocycles. The number of pyridine rings is 1. The molecular formula is C9H13N3O2. The van der Waals surface area contributed by atoms with E-state index in [9.17, 15) is 9.59 Å². The first kappa shape index (κ1) is 10.5. The van der Waals surface area contributed by atoms with Crippen LogP contribution in [0.3, 0.4) is 0 Å². The second kappa shape index (κ2) is 4.57. The largest absolute Gasteiger partial charge is 0.351 e. The number of aryl methyl sites for hydroxylation is 1. The minimum absolute atomic E-state index is 0.139. The summed E-state index contributed by atoms with van der Waals surface area (Å²) in [6, 6.07) is 2.85. The predicted octanol–water partition coefficient (Wildman–Crippen LogP) is -0.926. The fourth-order valence-corrected chi connectivity index (χ4v) is 1.02. The van der Waals surface area contributed by atoms with Crippen molar-refractivity contribution in [2.45, 2.75) is 0 Å². The Morgan fingerprint density at radius 3 is 2.86 bits per heavy atom. The highest BCUT2D eigenvalue weighted by atomic mass is 16.1. The van der Waals surface area contributed by atoms with Crippen LogP contribution in [-0.2, 0) is 7.05 Å². The molecule has 14 heavy (non-hydrogen) atoms. The molecule has 0 bridgehead atoms. The van der Waals surface area contributed by atoms with Crippen molar-refractivity contribution in [3.63, 3.8) is 0 Å². The Balaban J connectivity index is 2.81. The Kier molecular flexibility index (Phi) is 3.41. The van der Waals surface area contributed by atoms with Crippen molar-refractivity contribution < 1.29 is 4.79 Å². The molecule has 0 radical (unpaired) electrons. The summed E-state index contributed by atoms with van der Waals surface area (Å²) >= 11 is 0. The summed E-state index contributed by atoms with van der Waals surface area (Å²) in [7, 11) is 1.60. The van der Waals surface area contributed by atoms with Crippen LogP contribution in [0.25, 0.3) is 0 Å². The van der Waals surface area contributed by atoms with Crippen LogP contribution in [0, 0.1) is 0 Å². The standard InChI is InChI=1S/C9H13N3O2/c1-12-6-7(2-3-8(12)13)9(14)11-5-4-10/h2-3,6H,4-5,10H2,1H3,(H,11,14). The Bertz CT molecular complexity index is 384. The number of nitrogens with one attached hydrogen (secondary N) is 1. The average molecular weight is 195 g/mol. The van der Waals surface area contributed by atoms with Gasteiger partial charge in [0.25, 0.3) is 5.91 Å². The van der Waals surface area contributed by atoms with Gasteiger partial charge in [-0.15, -0.1) is 0 Å². The summed E-state index contributed by atoms with van der Waals surface area (Å²) in [6.07, 6.45) is 1.49. The topological polar surface area (TPSA) is 77.1 Å². The summed E-state index contributed by atoms with van der Waals surface area (Å²) in [4.78, 5) is 22.4. The third-order valence-electron chi connectivity index (χ3n) is 1.78. The molecular weight excluding hydrogens is 182 g/mol. The number of nitrogens with two attached hydrogens (primary N) is 1. The van der Waals surface area contributed by atoms with E-state index < -0.39 is 0 Å². The van der Waals surface area contributed by atoms with Crippen molar-refractivity contribution in [2.75, 3.05) is 13.1 Å². The molecule has 0 unspecified atom stereocenters. The van der Waals surface area contributed by atoms with Crippen LogP contribution < -0.4 is 16.6 Å². The monoisotopic (exact) mass is 195 g/mol. The molecule has 1 amide bonds. The molecule has 0 saturated heterocycles. The van der Waals surface area contributed by atoms with E-state index in [4.69, 9.17) is 5.73 Å². The van der Waals surface area contributed by atoms with E-state index in [-0.39, 0.29) is 11.5 Å². The molecule has 0 aromatic carbocycles. The SMILES string of the molecule is Cn1cc(C(=O)NCCN)ccc1=O. The normalized spacial score (nSPS) is 9.86. The van der Waals surface area contributed by atoms with Gasteiger partial charge < -0.3 is 15.6 Å². The Morgan fingerprint density at radius 1 is 1.57 bits per heavy atom. The minimum atomic E-state index is -0.217. The maximum absolute atomic E-state index is 11.4. The van der Waals surface area contributed by atoms with E-state index >= 15 is 0 Å². The van der Waals surface area contributed by atoms with Crippen LogP contribution in [0.1, 0.15) is 10.4 Å². The second-order valence-corrected chi connectivity index (χ2v) is 2.91. The number of carbonyl (C=O) groups excluding carboxylic acids is 1. The molecule has 1 aromatic rings. The smallest absolute Gasteiger partial charge is 0.252 e. The van der Waals surface area contributed by atoms with Gasteiger partial charge in [-0.05, 0) is 6.07 Å². The molecule has 5 nitrogen and oxygen atoms in total. The zero-order chi connectivity index (χ0) is 10.6. The summed E-state index contributed by atoms with van der Waals surface area (Å²) in [5.74, 6) is -0.217. The highest BCUT2D eigenvalue weighted by Crippen LogP contribution is 1.93. The van der Waals surface area contributed by atoms with Crippen LogP contribution in [-0.4, -0.2) is 23.6 Å². The molecule has 0 fully saturated rings. The Hall–Kier alpha value is -1.62. The molecule has 1 heterocycles. The first-order chi connectivity index (χ1) is 6.65. The van der Waals surface area contributed by atoms with Gasteiger partial charge in [0.2, 0.25) is 5.56 Å². The van der Waals surface area contributed by atoms with Gasteiger partial charge in [-0.25, -0.2) is 0 Å². The van der Waals surface area contributed by atoms with Crippen LogP contribution in [0.2, 0.25) is 0 Å². The van der Waals surface area contributed by atoms with E-state index in [1.165, 1.54) is 22.9 Å². The van der Waals surface area contributed by atoms with Crippen LogP contribution in [0.15, 0.2) is 23.1 Å². The maximum Gasteiger partial charge on any atom is 0.252 e. The number of aromatic nitrogens is 1. The summed E-state index contributed by atoms with van der Waals surface area (Å²) < 4.78 is 1.36. The summed E-state index contributed by atoms with van der Waals surface area (Å²) in [5, 5.41) is 2.62. The van der Waals surface area contributed by atoms with Gasteiger partial charge in [-0.1, -0.05) is 0 Å². The molecule has 0 atom stereocenters. The van der Waals surface area contributed by atoms with Crippen molar-refractivity contribution in [1.82, 2.24) is 9.88 Å². The van der Waals surface area contributed by atoms with E-state index in [1.807, 2.05) is 0 Å². The van der Waals surface area contributed by atoms with Crippen LogP contribution in [0.4, 0.5) is 0 Å². The molecule has 1 aromatic heterocycles. The minimum Gasteiger partial charge on any atom is -0.351 e. The van der Waals surface area contributed by atoms with Gasteiger partial charge in [0.05, 0.1) is 5.56 Å². The van der Waals surface area contributed by atoms with Crippen molar-refractivity contribution >= 4 is 5.91 Å². The number of nitrogens with zero attached hydrogens (tertiary/aromatic N) is 1. The number of hydrogen-bond donors (Lipinski definition) is 2. The quantitative estimate of drug-likeness (QED) is 0.654. The van der Waals surface area contributed by atoms with E-state index in [1.54, 1.807) is 7.05 Å².